The van der Waals surface area contributed by atoms with Crippen LogP contribution < -0.4 is 10.6 Å². The number of benzene rings is 1. The summed E-state index contributed by atoms with van der Waals surface area (Å²) in [5.74, 6) is 0. The lowest BCUT2D eigenvalue weighted by Gasteiger charge is -2.22. The van der Waals surface area contributed by atoms with Crippen molar-refractivity contribution in [2.75, 3.05) is 10.6 Å². The molecule has 0 aromatic heterocycles. The molecule has 18 heavy (non-hydrogen) atoms. The molecule has 2 heteroatoms. The van der Waals surface area contributed by atoms with Crippen molar-refractivity contribution >= 4 is 11.4 Å². The van der Waals surface area contributed by atoms with E-state index in [1.807, 2.05) is 52.0 Å². The summed E-state index contributed by atoms with van der Waals surface area (Å²) in [4.78, 5) is 0. The van der Waals surface area contributed by atoms with Gasteiger partial charge in [-0.05, 0) is 24.3 Å². The number of para-hydroxylation sites is 2. The van der Waals surface area contributed by atoms with Gasteiger partial charge in [0.2, 0.25) is 0 Å². The molecule has 2 rings (SSSR count). The molecule has 0 atom stereocenters. The zero-order chi connectivity index (χ0) is 14.0. The predicted octanol–water partition coefficient (Wildman–Crippen LogP) is 5.16. The van der Waals surface area contributed by atoms with Crippen LogP contribution in [0.25, 0.3) is 0 Å². The summed E-state index contributed by atoms with van der Waals surface area (Å²) in [6.45, 7) is 15.5. The predicted molar refractivity (Wildman–Crippen MR) is 83.8 cm³/mol. The molecule has 1 heterocycles. The molecule has 0 amide bonds. The highest BCUT2D eigenvalue weighted by Gasteiger charge is 2.11. The second kappa shape index (κ2) is 9.11. The van der Waals surface area contributed by atoms with Gasteiger partial charge in [0.15, 0.2) is 0 Å². The van der Waals surface area contributed by atoms with E-state index >= 15 is 0 Å². The molecule has 1 aromatic rings. The Labute approximate surface area is 111 Å². The van der Waals surface area contributed by atoms with E-state index < -0.39 is 0 Å². The first-order valence-electron chi connectivity index (χ1n) is 6.47. The average molecular weight is 244 g/mol. The molecule has 0 unspecified atom stereocenters. The lowest BCUT2D eigenvalue weighted by molar-refractivity contribution is 1.31. The van der Waals surface area contributed by atoms with Gasteiger partial charge in [0.1, 0.15) is 0 Å². The van der Waals surface area contributed by atoms with E-state index in [1.165, 1.54) is 0 Å². The highest BCUT2D eigenvalue weighted by Crippen LogP contribution is 2.29. The molecule has 0 spiro atoms. The van der Waals surface area contributed by atoms with Crippen molar-refractivity contribution < 1.29 is 0 Å². The third-order valence-corrected chi connectivity index (χ3v) is 2.16. The molecule has 98 valence electrons. The minimum Gasteiger partial charge on any atom is -0.352 e. The Balaban J connectivity index is 0.000000659. The van der Waals surface area contributed by atoms with E-state index in [9.17, 15) is 0 Å². The Morgan fingerprint density at radius 2 is 1.11 bits per heavy atom. The molecule has 0 bridgehead atoms. The molecule has 0 radical (unpaired) electrons. The standard InChI is InChI=1S/C12H12N2.2C2H6/c1-3-9-10(4-2)14-12-8-6-5-7-11(12)13-9;2*1-2/h3-8,13-14H,1-2H2;2*1-2H3. The summed E-state index contributed by atoms with van der Waals surface area (Å²) in [6.07, 6.45) is 3.56. The quantitative estimate of drug-likeness (QED) is 0.751. The molecule has 0 saturated carbocycles. The maximum absolute atomic E-state index is 3.75. The number of rotatable bonds is 2. The van der Waals surface area contributed by atoms with Crippen LogP contribution in [0, 0.1) is 0 Å². The lowest BCUT2D eigenvalue weighted by atomic mass is 10.1. The van der Waals surface area contributed by atoms with Crippen LogP contribution in [-0.2, 0) is 0 Å². The van der Waals surface area contributed by atoms with E-state index in [4.69, 9.17) is 0 Å². The van der Waals surface area contributed by atoms with Gasteiger partial charge in [-0.2, -0.15) is 0 Å². The Hall–Kier alpha value is -1.96. The van der Waals surface area contributed by atoms with E-state index in [2.05, 4.69) is 23.8 Å². The van der Waals surface area contributed by atoms with Gasteiger partial charge in [-0.3, -0.25) is 0 Å². The van der Waals surface area contributed by atoms with E-state index in [-0.39, 0.29) is 0 Å². The second-order valence-electron chi connectivity index (χ2n) is 3.03. The van der Waals surface area contributed by atoms with Crippen molar-refractivity contribution in [1.29, 1.82) is 0 Å². The monoisotopic (exact) mass is 244 g/mol. The minimum atomic E-state index is 0.957. The summed E-state index contributed by atoms with van der Waals surface area (Å²) >= 11 is 0. The van der Waals surface area contributed by atoms with Gasteiger partial charge in [0, 0.05) is 0 Å². The van der Waals surface area contributed by atoms with Crippen LogP contribution >= 0.6 is 0 Å². The molecule has 1 aliphatic rings. The largest absolute Gasteiger partial charge is 0.352 e. The number of nitrogens with one attached hydrogen (secondary N) is 2. The molecule has 0 aliphatic carbocycles. The van der Waals surface area contributed by atoms with Crippen molar-refractivity contribution in [1.82, 2.24) is 0 Å². The first-order chi connectivity index (χ1) is 8.85. The molecule has 2 N–H and O–H groups in total. The average Bonchev–Trinajstić information content (AvgIpc) is 2.49. The van der Waals surface area contributed by atoms with Crippen LogP contribution in [0.1, 0.15) is 27.7 Å². The number of hydrogen-bond donors (Lipinski definition) is 2. The van der Waals surface area contributed by atoms with Crippen LogP contribution in [0.5, 0.6) is 0 Å². The first-order valence-corrected chi connectivity index (χ1v) is 6.47. The molecule has 1 aliphatic heterocycles. The fourth-order valence-electron chi connectivity index (χ4n) is 1.45. The van der Waals surface area contributed by atoms with Crippen LogP contribution in [-0.4, -0.2) is 0 Å². The summed E-state index contributed by atoms with van der Waals surface area (Å²) in [5.41, 5.74) is 4.04. The van der Waals surface area contributed by atoms with Gasteiger partial charge < -0.3 is 10.6 Å². The maximum Gasteiger partial charge on any atom is 0.0624 e. The number of allylic oxidation sites excluding steroid dienone is 2. The SMILES string of the molecule is C=CC1=C(C=C)Nc2ccccc2N1.CC.CC. The lowest BCUT2D eigenvalue weighted by Crippen LogP contribution is -2.13. The van der Waals surface area contributed by atoms with Gasteiger partial charge >= 0.3 is 0 Å². The van der Waals surface area contributed by atoms with Crippen molar-refractivity contribution in [3.8, 4) is 0 Å². The Morgan fingerprint density at radius 3 is 1.39 bits per heavy atom. The van der Waals surface area contributed by atoms with Crippen LogP contribution in [0.2, 0.25) is 0 Å². The van der Waals surface area contributed by atoms with Crippen molar-refractivity contribution in [3.63, 3.8) is 0 Å². The first kappa shape index (κ1) is 16.0. The minimum absolute atomic E-state index is 0.957. The van der Waals surface area contributed by atoms with E-state index in [0.717, 1.165) is 22.8 Å². The highest BCUT2D eigenvalue weighted by molar-refractivity contribution is 5.77. The van der Waals surface area contributed by atoms with Crippen LogP contribution in [0.4, 0.5) is 11.4 Å². The molecule has 0 saturated heterocycles. The van der Waals surface area contributed by atoms with Gasteiger partial charge in [0.25, 0.3) is 0 Å². The van der Waals surface area contributed by atoms with Gasteiger partial charge in [0.05, 0.1) is 22.8 Å². The fourth-order valence-corrected chi connectivity index (χ4v) is 1.45. The van der Waals surface area contributed by atoms with Gasteiger partial charge in [-0.1, -0.05) is 53.0 Å². The zero-order valence-electron chi connectivity index (χ0n) is 11.9. The summed E-state index contributed by atoms with van der Waals surface area (Å²) in [7, 11) is 0. The smallest absolute Gasteiger partial charge is 0.0624 e. The van der Waals surface area contributed by atoms with Crippen LogP contribution in [0.15, 0.2) is 61.0 Å². The Kier molecular flexibility index (Phi) is 8.12. The number of hydrogen-bond acceptors (Lipinski definition) is 2. The molecule has 1 aromatic carbocycles. The topological polar surface area (TPSA) is 24.1 Å². The zero-order valence-corrected chi connectivity index (χ0v) is 11.9. The van der Waals surface area contributed by atoms with E-state index in [1.54, 1.807) is 12.2 Å². The Morgan fingerprint density at radius 1 is 0.778 bits per heavy atom. The molecule has 0 fully saturated rings. The summed E-state index contributed by atoms with van der Waals surface area (Å²) in [6, 6.07) is 8.03. The highest BCUT2D eigenvalue weighted by atomic mass is 15.0. The van der Waals surface area contributed by atoms with E-state index in [0.29, 0.717) is 0 Å². The second-order valence-corrected chi connectivity index (χ2v) is 3.03. The molecular weight excluding hydrogens is 220 g/mol. The van der Waals surface area contributed by atoms with Gasteiger partial charge in [-0.15, -0.1) is 0 Å². The number of anilines is 2. The molecular formula is C16H24N2. The number of fused-ring (bicyclic) bond motifs is 1. The summed E-state index contributed by atoms with van der Waals surface area (Å²) in [5, 5.41) is 6.55. The van der Waals surface area contributed by atoms with Crippen LogP contribution in [0.3, 0.4) is 0 Å². The maximum atomic E-state index is 3.75. The van der Waals surface area contributed by atoms with Gasteiger partial charge in [-0.25, -0.2) is 0 Å². The third-order valence-electron chi connectivity index (χ3n) is 2.16. The molecule has 2 nitrogen and oxygen atoms in total. The van der Waals surface area contributed by atoms with Crippen molar-refractivity contribution in [2.45, 2.75) is 27.7 Å². The fraction of sp³-hybridized carbons (Fsp3) is 0.250. The normalized spacial score (nSPS) is 11.3. The Bertz CT molecular complexity index is 378. The summed E-state index contributed by atoms with van der Waals surface area (Å²) < 4.78 is 0. The van der Waals surface area contributed by atoms with Crippen molar-refractivity contribution in [3.05, 3.63) is 61.0 Å². The van der Waals surface area contributed by atoms with Crippen molar-refractivity contribution in [2.24, 2.45) is 0 Å². The third kappa shape index (κ3) is 3.81.